The van der Waals surface area contributed by atoms with Crippen LogP contribution in [0.5, 0.6) is 0 Å². The molecule has 0 atom stereocenters. The van der Waals surface area contributed by atoms with Crippen molar-refractivity contribution >= 4 is 5.97 Å². The summed E-state index contributed by atoms with van der Waals surface area (Å²) in [4.78, 5) is 11.1. The molecule has 0 radical (unpaired) electrons. The lowest BCUT2D eigenvalue weighted by atomic mass is 10.1. The molecular formula is C15H17NO3. The van der Waals surface area contributed by atoms with Gasteiger partial charge in [0, 0.05) is 19.3 Å². The Balaban J connectivity index is 2.38. The topological polar surface area (TPSA) is 51.5 Å². The molecule has 19 heavy (non-hydrogen) atoms. The van der Waals surface area contributed by atoms with Crippen molar-refractivity contribution in [2.24, 2.45) is 0 Å². The van der Waals surface area contributed by atoms with Gasteiger partial charge in [-0.2, -0.15) is 0 Å². The standard InChI is InChI=1S/C15H17NO3/c1-3-16-13(8-9-14(16)15(17)18)12-6-4-11(5-7-12)10-19-2/h4-9H,3,10H2,1-2H3,(H,17,18). The summed E-state index contributed by atoms with van der Waals surface area (Å²) in [5.41, 5.74) is 3.34. The van der Waals surface area contributed by atoms with Gasteiger partial charge in [0.25, 0.3) is 0 Å². The molecular weight excluding hydrogens is 242 g/mol. The Labute approximate surface area is 112 Å². The number of methoxy groups -OCH3 is 1. The van der Waals surface area contributed by atoms with Gasteiger partial charge < -0.3 is 14.4 Å². The molecule has 1 aromatic heterocycles. The van der Waals surface area contributed by atoms with Crippen LogP contribution in [0.2, 0.25) is 0 Å². The van der Waals surface area contributed by atoms with E-state index >= 15 is 0 Å². The van der Waals surface area contributed by atoms with Crippen molar-refractivity contribution in [2.75, 3.05) is 7.11 Å². The summed E-state index contributed by atoms with van der Waals surface area (Å²) in [6.07, 6.45) is 0. The number of hydrogen-bond acceptors (Lipinski definition) is 2. The van der Waals surface area contributed by atoms with Gasteiger partial charge in [-0.05, 0) is 30.2 Å². The fourth-order valence-corrected chi connectivity index (χ4v) is 2.19. The van der Waals surface area contributed by atoms with Crippen molar-refractivity contribution in [3.8, 4) is 11.3 Å². The van der Waals surface area contributed by atoms with Crippen molar-refractivity contribution in [2.45, 2.75) is 20.1 Å². The third kappa shape index (κ3) is 2.69. The summed E-state index contributed by atoms with van der Waals surface area (Å²) in [5, 5.41) is 9.13. The van der Waals surface area contributed by atoms with Crippen LogP contribution in [-0.2, 0) is 17.9 Å². The van der Waals surface area contributed by atoms with Crippen LogP contribution in [0.15, 0.2) is 36.4 Å². The highest BCUT2D eigenvalue weighted by atomic mass is 16.5. The largest absolute Gasteiger partial charge is 0.477 e. The van der Waals surface area contributed by atoms with Gasteiger partial charge in [0.15, 0.2) is 0 Å². The molecule has 0 aliphatic rings. The van der Waals surface area contributed by atoms with E-state index in [0.717, 1.165) is 16.8 Å². The van der Waals surface area contributed by atoms with E-state index in [0.29, 0.717) is 18.8 Å². The Hall–Kier alpha value is -2.07. The van der Waals surface area contributed by atoms with Crippen LogP contribution in [-0.4, -0.2) is 22.8 Å². The Morgan fingerprint density at radius 2 is 1.89 bits per heavy atom. The van der Waals surface area contributed by atoms with E-state index in [1.807, 2.05) is 37.3 Å². The first kappa shape index (κ1) is 13.4. The minimum Gasteiger partial charge on any atom is -0.477 e. The SMILES string of the molecule is CCn1c(C(=O)O)ccc1-c1ccc(COC)cc1. The van der Waals surface area contributed by atoms with Gasteiger partial charge >= 0.3 is 5.97 Å². The van der Waals surface area contributed by atoms with Gasteiger partial charge in [-0.15, -0.1) is 0 Å². The highest BCUT2D eigenvalue weighted by Gasteiger charge is 2.13. The molecule has 0 spiro atoms. The number of benzene rings is 1. The number of ether oxygens (including phenoxy) is 1. The molecule has 0 unspecified atom stereocenters. The zero-order chi connectivity index (χ0) is 13.8. The smallest absolute Gasteiger partial charge is 0.352 e. The van der Waals surface area contributed by atoms with Gasteiger partial charge in [-0.3, -0.25) is 0 Å². The van der Waals surface area contributed by atoms with Gasteiger partial charge in [-0.1, -0.05) is 24.3 Å². The number of aromatic carboxylic acids is 1. The van der Waals surface area contributed by atoms with Crippen molar-refractivity contribution in [1.29, 1.82) is 0 Å². The zero-order valence-electron chi connectivity index (χ0n) is 11.1. The summed E-state index contributed by atoms with van der Waals surface area (Å²) >= 11 is 0. The Morgan fingerprint density at radius 3 is 2.42 bits per heavy atom. The first-order valence-corrected chi connectivity index (χ1v) is 6.18. The molecule has 2 aromatic rings. The van der Waals surface area contributed by atoms with E-state index in [4.69, 9.17) is 9.84 Å². The number of nitrogens with zero attached hydrogens (tertiary/aromatic N) is 1. The van der Waals surface area contributed by atoms with Crippen molar-refractivity contribution in [3.63, 3.8) is 0 Å². The lowest BCUT2D eigenvalue weighted by molar-refractivity contribution is 0.0685. The lowest BCUT2D eigenvalue weighted by Crippen LogP contribution is -2.08. The maximum atomic E-state index is 11.1. The average Bonchev–Trinajstić information content (AvgIpc) is 2.84. The van der Waals surface area contributed by atoms with Crippen LogP contribution >= 0.6 is 0 Å². The molecule has 4 nitrogen and oxygen atoms in total. The Morgan fingerprint density at radius 1 is 1.21 bits per heavy atom. The fourth-order valence-electron chi connectivity index (χ4n) is 2.19. The van der Waals surface area contributed by atoms with Crippen LogP contribution in [0.4, 0.5) is 0 Å². The molecule has 1 N–H and O–H groups in total. The van der Waals surface area contributed by atoms with Crippen LogP contribution in [0.3, 0.4) is 0 Å². The number of aromatic nitrogens is 1. The monoisotopic (exact) mass is 259 g/mol. The van der Waals surface area contributed by atoms with E-state index in [-0.39, 0.29) is 0 Å². The highest BCUT2D eigenvalue weighted by Crippen LogP contribution is 2.23. The van der Waals surface area contributed by atoms with Crippen LogP contribution in [0.25, 0.3) is 11.3 Å². The van der Waals surface area contributed by atoms with Crippen LogP contribution < -0.4 is 0 Å². The lowest BCUT2D eigenvalue weighted by Gasteiger charge is -2.09. The second-order valence-corrected chi connectivity index (χ2v) is 4.28. The maximum Gasteiger partial charge on any atom is 0.352 e. The Bertz CT molecular complexity index is 570. The Kier molecular flexibility index (Phi) is 4.02. The van der Waals surface area contributed by atoms with E-state index in [2.05, 4.69) is 0 Å². The molecule has 0 fully saturated rings. The normalized spacial score (nSPS) is 10.6. The molecule has 0 aliphatic heterocycles. The molecule has 2 rings (SSSR count). The second-order valence-electron chi connectivity index (χ2n) is 4.28. The average molecular weight is 259 g/mol. The summed E-state index contributed by atoms with van der Waals surface area (Å²) < 4.78 is 6.87. The molecule has 0 amide bonds. The van der Waals surface area contributed by atoms with E-state index in [9.17, 15) is 4.79 Å². The van der Waals surface area contributed by atoms with Gasteiger partial charge in [0.2, 0.25) is 0 Å². The third-order valence-corrected chi connectivity index (χ3v) is 3.08. The predicted octanol–water partition coefficient (Wildman–Crippen LogP) is 3.02. The maximum absolute atomic E-state index is 11.1. The van der Waals surface area contributed by atoms with E-state index in [1.165, 1.54) is 0 Å². The summed E-state index contributed by atoms with van der Waals surface area (Å²) in [6.45, 7) is 3.15. The number of carbonyl (C=O) groups is 1. The minimum atomic E-state index is -0.899. The zero-order valence-corrected chi connectivity index (χ0v) is 11.1. The molecule has 1 heterocycles. The number of carboxylic acid groups (broad SMARTS) is 1. The van der Waals surface area contributed by atoms with Crippen molar-refractivity contribution in [3.05, 3.63) is 47.7 Å². The minimum absolute atomic E-state index is 0.318. The van der Waals surface area contributed by atoms with Gasteiger partial charge in [0.1, 0.15) is 5.69 Å². The molecule has 0 saturated carbocycles. The fraction of sp³-hybridized carbons (Fsp3) is 0.267. The third-order valence-electron chi connectivity index (χ3n) is 3.08. The molecule has 0 aliphatic carbocycles. The van der Waals surface area contributed by atoms with E-state index in [1.54, 1.807) is 17.7 Å². The molecule has 1 aromatic carbocycles. The second kappa shape index (κ2) is 5.71. The van der Waals surface area contributed by atoms with Crippen LogP contribution in [0, 0.1) is 0 Å². The number of hydrogen-bond donors (Lipinski definition) is 1. The molecule has 4 heteroatoms. The van der Waals surface area contributed by atoms with Gasteiger partial charge in [-0.25, -0.2) is 4.79 Å². The summed E-state index contributed by atoms with van der Waals surface area (Å²) in [5.74, 6) is -0.899. The van der Waals surface area contributed by atoms with Crippen molar-refractivity contribution < 1.29 is 14.6 Å². The van der Waals surface area contributed by atoms with Crippen LogP contribution in [0.1, 0.15) is 23.0 Å². The van der Waals surface area contributed by atoms with Gasteiger partial charge in [0.05, 0.1) is 6.61 Å². The van der Waals surface area contributed by atoms with E-state index < -0.39 is 5.97 Å². The summed E-state index contributed by atoms with van der Waals surface area (Å²) in [6, 6.07) is 11.4. The van der Waals surface area contributed by atoms with Crippen molar-refractivity contribution in [1.82, 2.24) is 4.57 Å². The first-order valence-electron chi connectivity index (χ1n) is 6.18. The molecule has 100 valence electrons. The quantitative estimate of drug-likeness (QED) is 0.898. The molecule has 0 saturated heterocycles. The predicted molar refractivity (Wildman–Crippen MR) is 73.2 cm³/mol. The first-order chi connectivity index (χ1) is 9.17. The number of rotatable bonds is 5. The summed E-state index contributed by atoms with van der Waals surface area (Å²) in [7, 11) is 1.66. The number of carboxylic acids is 1. The highest BCUT2D eigenvalue weighted by molar-refractivity contribution is 5.87. The molecule has 0 bridgehead atoms.